The molecule has 64 heavy (non-hydrogen) atoms. The Kier molecular flexibility index (Phi) is 11.9. The monoisotopic (exact) mass is 836 g/mol. The predicted octanol–water partition coefficient (Wildman–Crippen LogP) is 16.8. The summed E-state index contributed by atoms with van der Waals surface area (Å²) in [6.45, 7) is 18.2. The first-order valence-electron chi connectivity index (χ1n) is 23.0. The van der Waals surface area contributed by atoms with Gasteiger partial charge in [0.15, 0.2) is 0 Å². The minimum atomic E-state index is 0.0980. The number of rotatable bonds is 8. The van der Waals surface area contributed by atoms with Crippen LogP contribution in [0.15, 0.2) is 194 Å². The second-order valence-corrected chi connectivity index (χ2v) is 17.8. The summed E-state index contributed by atoms with van der Waals surface area (Å²) in [5, 5.41) is 0. The minimum absolute atomic E-state index is 0.0980. The third kappa shape index (κ3) is 7.62. The van der Waals surface area contributed by atoms with Crippen molar-refractivity contribution in [1.82, 2.24) is 0 Å². The summed E-state index contributed by atoms with van der Waals surface area (Å²) < 4.78 is 0. The van der Waals surface area contributed by atoms with E-state index in [1.54, 1.807) is 0 Å². The second kappa shape index (κ2) is 18.0. The molecule has 0 unspecified atom stereocenters. The number of fused-ring (bicyclic) bond motifs is 2. The highest BCUT2D eigenvalue weighted by Crippen LogP contribution is 2.54. The van der Waals surface area contributed by atoms with E-state index < -0.39 is 0 Å². The fourth-order valence-electron chi connectivity index (χ4n) is 10.0. The van der Waals surface area contributed by atoms with Crippen LogP contribution in [0.25, 0.3) is 22.3 Å². The number of hydrogen-bond acceptors (Lipinski definition) is 4. The van der Waals surface area contributed by atoms with Gasteiger partial charge in [-0.05, 0) is 109 Å². The molecule has 8 aromatic carbocycles. The quantitative estimate of drug-likeness (QED) is 0.151. The summed E-state index contributed by atoms with van der Waals surface area (Å²) >= 11 is 0. The van der Waals surface area contributed by atoms with Crippen LogP contribution in [0.3, 0.4) is 0 Å². The van der Waals surface area contributed by atoms with Crippen LogP contribution in [0.5, 0.6) is 0 Å². The maximum absolute atomic E-state index is 2.56. The second-order valence-electron chi connectivity index (χ2n) is 17.8. The molecule has 0 radical (unpaired) electrons. The Hall–Kier alpha value is -7.04. The van der Waals surface area contributed by atoms with Crippen LogP contribution in [-0.2, 0) is 0 Å². The number of anilines is 8. The Labute approximate surface area is 381 Å². The van der Waals surface area contributed by atoms with Gasteiger partial charge in [-0.2, -0.15) is 0 Å². The van der Waals surface area contributed by atoms with E-state index in [-0.39, 0.29) is 12.3 Å². The largest absolute Gasteiger partial charge is 0.318 e. The number of nitrogens with zero attached hydrogens (tertiary/aromatic N) is 4. The smallest absolute Gasteiger partial charge is 0.108 e. The lowest BCUT2D eigenvalue weighted by Gasteiger charge is -2.35. The number of para-hydroxylation sites is 8. The molecule has 2 heterocycles. The van der Waals surface area contributed by atoms with E-state index in [0.717, 1.165) is 0 Å². The third-order valence-electron chi connectivity index (χ3n) is 13.1. The standard InChI is InChI=1S/C33H28N2.C27H32N2/c1-24-14-9-10-21-30(24)34-25(2)35(32-23-12-11-22-31(32)34)33-28(26-15-5-3-6-16-26)19-13-20-29(33)27-17-7-4-8-18-27;1-18(2)22-13-11-14-23(19(3)4)27(22)29-21(6)28(24-15-8-7-12-20(24)5)25-16-9-10-17-26(25)29/h3-23,25H,1-2H3;7-19,21H,1-6H3/t25-;21-/m11/s1. The van der Waals surface area contributed by atoms with Gasteiger partial charge in [0.1, 0.15) is 12.3 Å². The molecule has 2 aliphatic heterocycles. The van der Waals surface area contributed by atoms with E-state index in [4.69, 9.17) is 0 Å². The molecule has 0 aliphatic carbocycles. The molecule has 2 aliphatic rings. The van der Waals surface area contributed by atoms with Crippen LogP contribution in [0.2, 0.25) is 0 Å². The van der Waals surface area contributed by atoms with Crippen molar-refractivity contribution in [1.29, 1.82) is 0 Å². The maximum Gasteiger partial charge on any atom is 0.108 e. The van der Waals surface area contributed by atoms with Gasteiger partial charge in [-0.15, -0.1) is 0 Å². The van der Waals surface area contributed by atoms with Crippen molar-refractivity contribution in [3.8, 4) is 22.3 Å². The Morgan fingerprint density at radius 1 is 0.312 bits per heavy atom. The van der Waals surface area contributed by atoms with Crippen LogP contribution in [0.4, 0.5) is 45.5 Å². The van der Waals surface area contributed by atoms with E-state index in [9.17, 15) is 0 Å². The summed E-state index contributed by atoms with van der Waals surface area (Å²) in [6.07, 6.45) is 0.298. The van der Waals surface area contributed by atoms with Crippen LogP contribution in [-0.4, -0.2) is 12.3 Å². The molecule has 0 bridgehead atoms. The summed E-state index contributed by atoms with van der Waals surface area (Å²) in [6, 6.07) is 70.0. The molecule has 0 fully saturated rings. The molecule has 8 aromatic rings. The van der Waals surface area contributed by atoms with Crippen molar-refractivity contribution in [3.05, 3.63) is 216 Å². The zero-order chi connectivity index (χ0) is 44.5. The average molecular weight is 837 g/mol. The molecule has 4 heteroatoms. The number of benzene rings is 8. The van der Waals surface area contributed by atoms with Gasteiger partial charge in [-0.3, -0.25) is 0 Å². The van der Waals surface area contributed by atoms with E-state index in [2.05, 4.69) is 269 Å². The van der Waals surface area contributed by atoms with Gasteiger partial charge in [0.25, 0.3) is 0 Å². The van der Waals surface area contributed by atoms with E-state index in [0.29, 0.717) is 11.8 Å². The molecule has 0 saturated heterocycles. The zero-order valence-corrected chi connectivity index (χ0v) is 38.6. The van der Waals surface area contributed by atoms with Crippen LogP contribution < -0.4 is 19.6 Å². The molecule has 0 N–H and O–H groups in total. The van der Waals surface area contributed by atoms with Gasteiger partial charge in [0.05, 0.1) is 34.1 Å². The van der Waals surface area contributed by atoms with Gasteiger partial charge >= 0.3 is 0 Å². The first-order valence-corrected chi connectivity index (χ1v) is 23.0. The molecular formula is C60H60N4. The first-order chi connectivity index (χ1) is 31.2. The third-order valence-corrected chi connectivity index (χ3v) is 13.1. The highest BCUT2D eigenvalue weighted by molar-refractivity contribution is 5.99. The SMILES string of the molecule is Cc1ccccc1N1c2ccccc2N(c2c(-c3ccccc3)cccc2-c2ccccc2)[C@@H]1C.Cc1ccccc1N1c2ccccc2N(c2c(C(C)C)cccc2C(C)C)[C@@H]1C. The highest BCUT2D eigenvalue weighted by atomic mass is 15.4. The molecule has 4 nitrogen and oxygen atoms in total. The van der Waals surface area contributed by atoms with Crippen LogP contribution >= 0.6 is 0 Å². The summed E-state index contributed by atoms with van der Waals surface area (Å²) in [4.78, 5) is 10.0. The molecule has 2 atom stereocenters. The fraction of sp³-hybridized carbons (Fsp3) is 0.200. The normalized spacial score (nSPS) is 15.3. The molecule has 0 saturated carbocycles. The number of hydrogen-bond donors (Lipinski definition) is 0. The Morgan fingerprint density at radius 3 is 1.00 bits per heavy atom. The van der Waals surface area contributed by atoms with E-state index in [1.165, 1.54) is 90.0 Å². The van der Waals surface area contributed by atoms with Crippen molar-refractivity contribution in [2.45, 2.75) is 79.6 Å². The van der Waals surface area contributed by atoms with E-state index in [1.807, 2.05) is 0 Å². The lowest BCUT2D eigenvalue weighted by Crippen LogP contribution is -2.36. The van der Waals surface area contributed by atoms with Crippen molar-refractivity contribution >= 4 is 45.5 Å². The van der Waals surface area contributed by atoms with Crippen molar-refractivity contribution < 1.29 is 0 Å². The summed E-state index contributed by atoms with van der Waals surface area (Å²) in [7, 11) is 0. The van der Waals surface area contributed by atoms with Gasteiger partial charge in [0.2, 0.25) is 0 Å². The van der Waals surface area contributed by atoms with Gasteiger partial charge in [-0.1, -0.05) is 185 Å². The predicted molar refractivity (Wildman–Crippen MR) is 275 cm³/mol. The lowest BCUT2D eigenvalue weighted by atomic mass is 9.91. The highest BCUT2D eigenvalue weighted by Gasteiger charge is 2.39. The molecule has 0 spiro atoms. The van der Waals surface area contributed by atoms with Gasteiger partial charge in [0, 0.05) is 22.5 Å². The maximum atomic E-state index is 2.56. The van der Waals surface area contributed by atoms with Crippen LogP contribution in [0, 0.1) is 13.8 Å². The molecular weight excluding hydrogens is 777 g/mol. The van der Waals surface area contributed by atoms with Crippen molar-refractivity contribution in [3.63, 3.8) is 0 Å². The van der Waals surface area contributed by atoms with Gasteiger partial charge < -0.3 is 19.6 Å². The van der Waals surface area contributed by atoms with Crippen molar-refractivity contribution in [2.24, 2.45) is 0 Å². The Balaban J connectivity index is 0.000000165. The Bertz CT molecular complexity index is 2800. The summed E-state index contributed by atoms with van der Waals surface area (Å²) in [5.41, 5.74) is 20.5. The zero-order valence-electron chi connectivity index (χ0n) is 38.6. The van der Waals surface area contributed by atoms with E-state index >= 15 is 0 Å². The minimum Gasteiger partial charge on any atom is -0.318 e. The van der Waals surface area contributed by atoms with Crippen LogP contribution in [0.1, 0.15) is 75.6 Å². The fourth-order valence-corrected chi connectivity index (χ4v) is 10.0. The Morgan fingerprint density at radius 2 is 0.625 bits per heavy atom. The molecule has 320 valence electrons. The van der Waals surface area contributed by atoms with Crippen molar-refractivity contribution in [2.75, 3.05) is 19.6 Å². The topological polar surface area (TPSA) is 13.0 Å². The van der Waals surface area contributed by atoms with Gasteiger partial charge in [-0.25, -0.2) is 0 Å². The molecule has 10 rings (SSSR count). The summed E-state index contributed by atoms with van der Waals surface area (Å²) in [5.74, 6) is 0.936. The lowest BCUT2D eigenvalue weighted by molar-refractivity contribution is 0.736. The molecule has 0 amide bonds. The molecule has 0 aromatic heterocycles. The number of aryl methyl sites for hydroxylation is 2. The first kappa shape index (κ1) is 42.3. The average Bonchev–Trinajstić information content (AvgIpc) is 3.78.